The summed E-state index contributed by atoms with van der Waals surface area (Å²) in [5.41, 5.74) is 2.79. The van der Waals surface area contributed by atoms with Crippen LogP contribution in [0.5, 0.6) is 0 Å². The van der Waals surface area contributed by atoms with Crippen LogP contribution in [0.25, 0.3) is 0 Å². The third kappa shape index (κ3) is 2.02. The van der Waals surface area contributed by atoms with Gasteiger partial charge >= 0.3 is 0 Å². The Morgan fingerprint density at radius 1 is 1.44 bits per heavy atom. The van der Waals surface area contributed by atoms with Gasteiger partial charge in [-0.1, -0.05) is 6.07 Å². The van der Waals surface area contributed by atoms with Crippen molar-refractivity contribution in [3.05, 3.63) is 29.3 Å². The maximum Gasteiger partial charge on any atom is 0.251 e. The van der Waals surface area contributed by atoms with E-state index in [1.54, 1.807) is 7.05 Å². The number of benzene rings is 1. The van der Waals surface area contributed by atoms with Crippen molar-refractivity contribution in [3.8, 4) is 0 Å². The molecule has 0 radical (unpaired) electrons. The number of hydrogen-bond donors (Lipinski definition) is 3. The van der Waals surface area contributed by atoms with E-state index in [1.165, 1.54) is 0 Å². The van der Waals surface area contributed by atoms with E-state index in [4.69, 9.17) is 0 Å². The topological polar surface area (TPSA) is 53.2 Å². The predicted molar refractivity (Wildman–Crippen MR) is 64.8 cm³/mol. The van der Waals surface area contributed by atoms with E-state index in [2.05, 4.69) is 16.0 Å². The van der Waals surface area contributed by atoms with Crippen molar-refractivity contribution >= 4 is 11.6 Å². The Morgan fingerprint density at radius 3 is 2.75 bits per heavy atom. The van der Waals surface area contributed by atoms with Gasteiger partial charge in [0.15, 0.2) is 0 Å². The average molecular weight is 219 g/mol. The van der Waals surface area contributed by atoms with Gasteiger partial charge in [-0.25, -0.2) is 0 Å². The Labute approximate surface area is 95.4 Å². The van der Waals surface area contributed by atoms with Gasteiger partial charge in [-0.3, -0.25) is 4.79 Å². The number of carbonyl (C=O) groups is 1. The minimum atomic E-state index is -0.0344. The van der Waals surface area contributed by atoms with E-state index in [0.717, 1.165) is 29.9 Å². The van der Waals surface area contributed by atoms with Crippen LogP contribution in [0.4, 0.5) is 5.69 Å². The van der Waals surface area contributed by atoms with Crippen LogP contribution >= 0.6 is 0 Å². The van der Waals surface area contributed by atoms with E-state index in [1.807, 2.05) is 25.1 Å². The number of amides is 1. The van der Waals surface area contributed by atoms with Gasteiger partial charge in [-0.05, 0) is 24.6 Å². The smallest absolute Gasteiger partial charge is 0.251 e. The van der Waals surface area contributed by atoms with Crippen molar-refractivity contribution in [2.24, 2.45) is 0 Å². The van der Waals surface area contributed by atoms with Gasteiger partial charge in [-0.15, -0.1) is 0 Å². The van der Waals surface area contributed by atoms with Crippen molar-refractivity contribution in [3.63, 3.8) is 0 Å². The first-order chi connectivity index (χ1) is 7.72. The van der Waals surface area contributed by atoms with Crippen LogP contribution in [0.3, 0.4) is 0 Å². The zero-order valence-electron chi connectivity index (χ0n) is 9.63. The highest BCUT2D eigenvalue weighted by molar-refractivity contribution is 5.96. The normalized spacial score (nSPS) is 15.4. The lowest BCUT2D eigenvalue weighted by Crippen LogP contribution is -2.51. The van der Waals surface area contributed by atoms with E-state index in [-0.39, 0.29) is 5.91 Å². The molecular formula is C12H17N3O. The van der Waals surface area contributed by atoms with Gasteiger partial charge in [0.05, 0.1) is 6.04 Å². The maximum atomic E-state index is 11.6. The van der Waals surface area contributed by atoms with Gasteiger partial charge < -0.3 is 16.0 Å². The van der Waals surface area contributed by atoms with Crippen molar-refractivity contribution in [2.75, 3.05) is 25.5 Å². The van der Waals surface area contributed by atoms with Gasteiger partial charge in [0.1, 0.15) is 0 Å². The molecule has 1 aromatic carbocycles. The van der Waals surface area contributed by atoms with Crippen molar-refractivity contribution in [1.29, 1.82) is 0 Å². The minimum absolute atomic E-state index is 0.0344. The first-order valence-corrected chi connectivity index (χ1v) is 5.51. The molecule has 2 rings (SSSR count). The van der Waals surface area contributed by atoms with E-state index >= 15 is 0 Å². The zero-order valence-corrected chi connectivity index (χ0v) is 9.63. The van der Waals surface area contributed by atoms with Gasteiger partial charge in [-0.2, -0.15) is 0 Å². The minimum Gasteiger partial charge on any atom is -0.380 e. The van der Waals surface area contributed by atoms with Crippen LogP contribution in [0.2, 0.25) is 0 Å². The lowest BCUT2D eigenvalue weighted by atomic mass is 10.0. The number of hydrogen-bond acceptors (Lipinski definition) is 3. The first kappa shape index (κ1) is 11.0. The summed E-state index contributed by atoms with van der Waals surface area (Å²) in [6, 6.07) is 6.25. The Hall–Kier alpha value is -1.55. The highest BCUT2D eigenvalue weighted by atomic mass is 16.1. The summed E-state index contributed by atoms with van der Waals surface area (Å²) in [5.74, 6) is -0.0344. The Bertz CT molecular complexity index is 399. The predicted octanol–water partition coefficient (Wildman–Crippen LogP) is 0.738. The molecule has 1 aromatic rings. The molecule has 1 amide bonds. The number of anilines is 1. The largest absolute Gasteiger partial charge is 0.380 e. The summed E-state index contributed by atoms with van der Waals surface area (Å²) in [4.78, 5) is 11.6. The molecule has 1 saturated heterocycles. The molecule has 1 fully saturated rings. The van der Waals surface area contributed by atoms with Crippen molar-refractivity contribution in [2.45, 2.75) is 13.0 Å². The second-order valence-electron chi connectivity index (χ2n) is 4.06. The Morgan fingerprint density at radius 2 is 2.19 bits per heavy atom. The molecule has 3 N–H and O–H groups in total. The van der Waals surface area contributed by atoms with Gasteiger partial charge in [0, 0.05) is 31.4 Å². The molecular weight excluding hydrogens is 202 g/mol. The van der Waals surface area contributed by atoms with Crippen LogP contribution in [0.15, 0.2) is 18.2 Å². The van der Waals surface area contributed by atoms with E-state index in [9.17, 15) is 4.79 Å². The average Bonchev–Trinajstić information content (AvgIpc) is 2.24. The van der Waals surface area contributed by atoms with Crippen LogP contribution < -0.4 is 16.0 Å². The molecule has 1 aliphatic rings. The number of carbonyl (C=O) groups excluding carboxylic acids is 1. The molecule has 4 nitrogen and oxygen atoms in total. The summed E-state index contributed by atoms with van der Waals surface area (Å²) in [7, 11) is 1.65. The maximum absolute atomic E-state index is 11.6. The molecule has 0 spiro atoms. The molecule has 86 valence electrons. The SMILES string of the molecule is CNC(=O)c1cccc(NC2CNC2)c1C. The highest BCUT2D eigenvalue weighted by Crippen LogP contribution is 2.20. The number of nitrogens with one attached hydrogen (secondary N) is 3. The fourth-order valence-corrected chi connectivity index (χ4v) is 1.78. The van der Waals surface area contributed by atoms with Crippen LogP contribution in [-0.4, -0.2) is 32.1 Å². The monoisotopic (exact) mass is 219 g/mol. The molecule has 1 aliphatic heterocycles. The molecule has 0 unspecified atom stereocenters. The fraction of sp³-hybridized carbons (Fsp3) is 0.417. The summed E-state index contributed by atoms with van der Waals surface area (Å²) in [6.07, 6.45) is 0. The Balaban J connectivity index is 2.21. The summed E-state index contributed by atoms with van der Waals surface area (Å²) in [6.45, 7) is 3.95. The molecule has 0 saturated carbocycles. The molecule has 16 heavy (non-hydrogen) atoms. The standard InChI is InChI=1S/C12H17N3O/c1-8-10(12(16)13-2)4-3-5-11(8)15-9-6-14-7-9/h3-5,9,14-15H,6-7H2,1-2H3,(H,13,16). The first-order valence-electron chi connectivity index (χ1n) is 5.51. The lowest BCUT2D eigenvalue weighted by molar-refractivity contribution is 0.0962. The van der Waals surface area contributed by atoms with Crippen LogP contribution in [0, 0.1) is 6.92 Å². The van der Waals surface area contributed by atoms with E-state index in [0.29, 0.717) is 6.04 Å². The third-order valence-electron chi connectivity index (χ3n) is 2.95. The molecule has 4 heteroatoms. The van der Waals surface area contributed by atoms with Crippen LogP contribution in [-0.2, 0) is 0 Å². The zero-order chi connectivity index (χ0) is 11.5. The fourth-order valence-electron chi connectivity index (χ4n) is 1.78. The molecule has 0 bridgehead atoms. The van der Waals surface area contributed by atoms with Gasteiger partial charge in [0.2, 0.25) is 0 Å². The third-order valence-corrected chi connectivity index (χ3v) is 2.95. The Kier molecular flexibility index (Phi) is 3.10. The second kappa shape index (κ2) is 4.53. The van der Waals surface area contributed by atoms with Crippen LogP contribution in [0.1, 0.15) is 15.9 Å². The summed E-state index contributed by atoms with van der Waals surface area (Å²) < 4.78 is 0. The lowest BCUT2D eigenvalue weighted by Gasteiger charge is -2.29. The quantitative estimate of drug-likeness (QED) is 0.703. The second-order valence-corrected chi connectivity index (χ2v) is 4.06. The molecule has 0 aromatic heterocycles. The van der Waals surface area contributed by atoms with E-state index < -0.39 is 0 Å². The van der Waals surface area contributed by atoms with Crippen molar-refractivity contribution < 1.29 is 4.79 Å². The van der Waals surface area contributed by atoms with Gasteiger partial charge in [0.25, 0.3) is 5.91 Å². The molecule has 1 heterocycles. The molecule has 0 aliphatic carbocycles. The summed E-state index contributed by atoms with van der Waals surface area (Å²) >= 11 is 0. The van der Waals surface area contributed by atoms with Crippen molar-refractivity contribution in [1.82, 2.24) is 10.6 Å². The highest BCUT2D eigenvalue weighted by Gasteiger charge is 2.18. The molecule has 0 atom stereocenters. The summed E-state index contributed by atoms with van der Waals surface area (Å²) in [5, 5.41) is 9.28. The number of rotatable bonds is 3.